The lowest BCUT2D eigenvalue weighted by atomic mass is 10.00. The van der Waals surface area contributed by atoms with Crippen LogP contribution >= 0.6 is 22.9 Å². The molecule has 11 heteroatoms. The molecule has 0 saturated carbocycles. The zero-order valence-electron chi connectivity index (χ0n) is 19.5. The molecule has 7 nitrogen and oxygen atoms in total. The first-order chi connectivity index (χ1) is 16.9. The maximum Gasteiger partial charge on any atom is 0.265 e. The molecule has 186 valence electrons. The molecule has 0 aliphatic heterocycles. The number of aryl methyl sites for hydroxylation is 2. The summed E-state index contributed by atoms with van der Waals surface area (Å²) >= 11 is 7.31. The van der Waals surface area contributed by atoms with Crippen molar-refractivity contribution < 1.29 is 21.0 Å². The number of nitrogens with zero attached hydrogens (tertiary/aromatic N) is 1. The number of hydrogen-bond acceptors (Lipinski definition) is 7. The molecule has 0 fully saturated rings. The van der Waals surface area contributed by atoms with E-state index in [4.69, 9.17) is 15.8 Å². The Morgan fingerprint density at radius 2 is 1.81 bits per heavy atom. The molecule has 4 rings (SSSR count). The molecule has 0 unspecified atom stereocenters. The third kappa shape index (κ3) is 6.06. The van der Waals surface area contributed by atoms with E-state index in [0.717, 1.165) is 17.4 Å². The van der Waals surface area contributed by atoms with Gasteiger partial charge >= 0.3 is 0 Å². The fraction of sp³-hybridized carbons (Fsp3) is 0.160. The standard InChI is InChI=1S/C25H21ClN2O5S3/c1-16-7-4-8-18(13-16)23-22(11-6-12-33-35(3,29)30)34-25-24(23)21(14-17(2)27-25)28-36(31,32)20-10-5-9-19(26)15-20/h4-5,7-10,13-15H,12H2,1-3H3,(H,27,28). The van der Waals surface area contributed by atoms with Crippen molar-refractivity contribution in [3.05, 3.63) is 75.8 Å². The first-order valence-electron chi connectivity index (χ1n) is 10.6. The molecule has 0 atom stereocenters. The first kappa shape index (κ1) is 26.1. The molecule has 4 aromatic rings. The van der Waals surface area contributed by atoms with E-state index in [1.54, 1.807) is 25.1 Å². The van der Waals surface area contributed by atoms with Gasteiger partial charge in [0, 0.05) is 21.7 Å². The molecule has 0 bridgehead atoms. The predicted octanol–water partition coefficient (Wildman–Crippen LogP) is 5.36. The number of halogens is 1. The van der Waals surface area contributed by atoms with Crippen molar-refractivity contribution in [2.45, 2.75) is 18.7 Å². The Morgan fingerprint density at radius 3 is 2.50 bits per heavy atom. The van der Waals surface area contributed by atoms with Crippen molar-refractivity contribution in [1.82, 2.24) is 4.98 Å². The summed E-state index contributed by atoms with van der Waals surface area (Å²) in [5, 5.41) is 0.897. The van der Waals surface area contributed by atoms with Crippen molar-refractivity contribution in [3.63, 3.8) is 0 Å². The highest BCUT2D eigenvalue weighted by Gasteiger charge is 2.22. The van der Waals surface area contributed by atoms with Crippen LogP contribution in [0.1, 0.15) is 16.1 Å². The largest absolute Gasteiger partial charge is 0.279 e. The second-order valence-electron chi connectivity index (χ2n) is 8.00. The Bertz CT molecular complexity index is 1750. The fourth-order valence-electron chi connectivity index (χ4n) is 3.56. The van der Waals surface area contributed by atoms with Gasteiger partial charge in [-0.05, 0) is 43.7 Å². The number of nitrogens with one attached hydrogen (secondary N) is 1. The third-order valence-corrected chi connectivity index (χ3v) is 8.14. The second kappa shape index (κ2) is 10.2. The van der Waals surface area contributed by atoms with E-state index < -0.39 is 20.1 Å². The van der Waals surface area contributed by atoms with Gasteiger partial charge in [-0.3, -0.25) is 8.91 Å². The minimum atomic E-state index is -3.96. The lowest BCUT2D eigenvalue weighted by Gasteiger charge is -2.12. The van der Waals surface area contributed by atoms with Gasteiger partial charge in [0.15, 0.2) is 0 Å². The van der Waals surface area contributed by atoms with Crippen LogP contribution in [0.15, 0.2) is 59.5 Å². The number of sulfonamides is 1. The molecular formula is C25H21ClN2O5S3. The average molecular weight is 561 g/mol. The number of hydrogen-bond donors (Lipinski definition) is 1. The van der Waals surface area contributed by atoms with Crippen LogP contribution in [0, 0.1) is 25.7 Å². The zero-order chi connectivity index (χ0) is 26.1. The summed E-state index contributed by atoms with van der Waals surface area (Å²) in [4.78, 5) is 5.84. The second-order valence-corrected chi connectivity index (χ2v) is 12.8. The Balaban J connectivity index is 1.92. The minimum absolute atomic E-state index is 0.0305. The number of anilines is 1. The van der Waals surface area contributed by atoms with E-state index >= 15 is 0 Å². The summed E-state index contributed by atoms with van der Waals surface area (Å²) in [5.74, 6) is 5.72. The summed E-state index contributed by atoms with van der Waals surface area (Å²) in [6.45, 7) is 3.42. The van der Waals surface area contributed by atoms with E-state index in [1.165, 1.54) is 23.5 Å². The number of thiophene rings is 1. The van der Waals surface area contributed by atoms with E-state index in [-0.39, 0.29) is 11.5 Å². The smallest absolute Gasteiger partial charge is 0.265 e. The maximum absolute atomic E-state index is 13.2. The third-order valence-electron chi connectivity index (χ3n) is 4.99. The number of aromatic nitrogens is 1. The van der Waals surface area contributed by atoms with Crippen LogP contribution in [0.25, 0.3) is 21.3 Å². The highest BCUT2D eigenvalue weighted by atomic mass is 35.5. The molecule has 2 aromatic carbocycles. The molecule has 36 heavy (non-hydrogen) atoms. The van der Waals surface area contributed by atoms with Crippen LogP contribution in [-0.4, -0.2) is 34.7 Å². The maximum atomic E-state index is 13.2. The Hall–Kier alpha value is -2.94. The van der Waals surface area contributed by atoms with Gasteiger partial charge in [-0.1, -0.05) is 59.3 Å². The summed E-state index contributed by atoms with van der Waals surface area (Å²) in [6, 6.07) is 15.4. The first-order valence-corrected chi connectivity index (χ1v) is 15.1. The van der Waals surface area contributed by atoms with Gasteiger partial charge in [0.2, 0.25) is 0 Å². The molecule has 0 saturated heterocycles. The molecule has 0 aliphatic carbocycles. The van der Waals surface area contributed by atoms with E-state index in [0.29, 0.717) is 37.1 Å². The topological polar surface area (TPSA) is 102 Å². The number of fused-ring (bicyclic) bond motifs is 1. The van der Waals surface area contributed by atoms with E-state index in [1.807, 2.05) is 31.2 Å². The van der Waals surface area contributed by atoms with Crippen LogP contribution < -0.4 is 4.72 Å². The van der Waals surface area contributed by atoms with Crippen LogP contribution in [0.5, 0.6) is 0 Å². The van der Waals surface area contributed by atoms with E-state index in [9.17, 15) is 16.8 Å². The Labute approximate surface area is 219 Å². The van der Waals surface area contributed by atoms with Crippen LogP contribution in [-0.2, 0) is 24.3 Å². The molecule has 0 amide bonds. The van der Waals surface area contributed by atoms with Gasteiger partial charge in [-0.2, -0.15) is 8.42 Å². The summed E-state index contributed by atoms with van der Waals surface area (Å²) in [6.07, 6.45) is 0.956. The summed E-state index contributed by atoms with van der Waals surface area (Å²) in [5.41, 5.74) is 3.49. The van der Waals surface area contributed by atoms with Crippen LogP contribution in [0.3, 0.4) is 0 Å². The SMILES string of the molecule is Cc1cccc(-c2c(C#CCOS(C)(=O)=O)sc3nc(C)cc(NS(=O)(=O)c4cccc(Cl)c4)c23)c1. The van der Waals surface area contributed by atoms with Gasteiger partial charge in [-0.15, -0.1) is 11.3 Å². The molecule has 0 aliphatic rings. The molecule has 1 N–H and O–H groups in total. The van der Waals surface area contributed by atoms with Gasteiger partial charge in [0.1, 0.15) is 11.4 Å². The van der Waals surface area contributed by atoms with Crippen molar-refractivity contribution in [3.8, 4) is 23.0 Å². The number of rotatable bonds is 6. The molecular weight excluding hydrogens is 540 g/mol. The Kier molecular flexibility index (Phi) is 7.41. The van der Waals surface area contributed by atoms with Crippen LogP contribution in [0.4, 0.5) is 5.69 Å². The monoisotopic (exact) mass is 560 g/mol. The highest BCUT2D eigenvalue weighted by molar-refractivity contribution is 7.92. The van der Waals surface area contributed by atoms with Crippen molar-refractivity contribution in [2.75, 3.05) is 17.6 Å². The molecule has 2 aromatic heterocycles. The van der Waals surface area contributed by atoms with Gasteiger partial charge in [-0.25, -0.2) is 13.4 Å². The lowest BCUT2D eigenvalue weighted by molar-refractivity contribution is 0.368. The number of benzene rings is 2. The average Bonchev–Trinajstić information content (AvgIpc) is 3.14. The molecule has 0 radical (unpaired) electrons. The lowest BCUT2D eigenvalue weighted by Crippen LogP contribution is -2.13. The van der Waals surface area contributed by atoms with Crippen LogP contribution in [0.2, 0.25) is 5.02 Å². The van der Waals surface area contributed by atoms with Crippen molar-refractivity contribution in [2.24, 2.45) is 0 Å². The molecule has 2 heterocycles. The Morgan fingerprint density at radius 1 is 1.06 bits per heavy atom. The fourth-order valence-corrected chi connectivity index (χ4v) is 6.33. The normalized spacial score (nSPS) is 11.8. The van der Waals surface area contributed by atoms with Gasteiger partial charge in [0.05, 0.1) is 21.7 Å². The zero-order valence-corrected chi connectivity index (χ0v) is 22.7. The molecule has 0 spiro atoms. The minimum Gasteiger partial charge on any atom is -0.279 e. The quantitative estimate of drug-likeness (QED) is 0.251. The predicted molar refractivity (Wildman–Crippen MR) is 144 cm³/mol. The van der Waals surface area contributed by atoms with Crippen molar-refractivity contribution >= 4 is 59.0 Å². The summed E-state index contributed by atoms with van der Waals surface area (Å²) < 4.78 is 56.5. The summed E-state index contributed by atoms with van der Waals surface area (Å²) in [7, 11) is -7.59. The van der Waals surface area contributed by atoms with Crippen molar-refractivity contribution in [1.29, 1.82) is 0 Å². The number of pyridine rings is 1. The van der Waals surface area contributed by atoms with Gasteiger partial charge < -0.3 is 0 Å². The van der Waals surface area contributed by atoms with E-state index in [2.05, 4.69) is 21.5 Å². The van der Waals surface area contributed by atoms with Gasteiger partial charge in [0.25, 0.3) is 20.1 Å². The highest BCUT2D eigenvalue weighted by Crippen LogP contribution is 2.42.